The molecule has 1 aromatic carbocycles. The second-order valence-electron chi connectivity index (χ2n) is 6.09. The zero-order valence-corrected chi connectivity index (χ0v) is 12.8. The monoisotopic (exact) mass is 305 g/mol. The van der Waals surface area contributed by atoms with Gasteiger partial charge in [0.25, 0.3) is 0 Å². The van der Waals surface area contributed by atoms with Gasteiger partial charge in [0, 0.05) is 19.1 Å². The first kappa shape index (κ1) is 15.2. The molecule has 3 rings (SSSR count). The van der Waals surface area contributed by atoms with E-state index in [2.05, 4.69) is 4.90 Å². The minimum absolute atomic E-state index is 0.195. The lowest BCUT2D eigenvalue weighted by Gasteiger charge is -2.34. The molecule has 0 radical (unpaired) electrons. The fourth-order valence-corrected chi connectivity index (χ4v) is 3.35. The van der Waals surface area contributed by atoms with Gasteiger partial charge >= 0.3 is 5.97 Å². The number of hydrogen-bond acceptors (Lipinski definition) is 4. The molecule has 1 N–H and O–H groups in total. The van der Waals surface area contributed by atoms with Gasteiger partial charge in [-0.05, 0) is 30.5 Å². The quantitative estimate of drug-likeness (QED) is 0.875. The SMILES string of the molecule is O=C(O)CCN(Cc1ccc2c(c1)OCO2)C1CCCCC1. The summed E-state index contributed by atoms with van der Waals surface area (Å²) in [5.41, 5.74) is 1.15. The summed E-state index contributed by atoms with van der Waals surface area (Å²) in [6, 6.07) is 6.50. The molecule has 0 amide bonds. The zero-order valence-electron chi connectivity index (χ0n) is 12.8. The smallest absolute Gasteiger partial charge is 0.304 e. The maximum Gasteiger partial charge on any atom is 0.304 e. The standard InChI is InChI=1S/C17H23NO4/c19-17(20)8-9-18(14-4-2-1-3-5-14)11-13-6-7-15-16(10-13)22-12-21-15/h6-7,10,14H,1-5,8-9,11-12H2,(H,19,20). The van der Waals surface area contributed by atoms with Crippen LogP contribution in [0.25, 0.3) is 0 Å². The van der Waals surface area contributed by atoms with Crippen molar-refractivity contribution in [1.82, 2.24) is 4.90 Å². The lowest BCUT2D eigenvalue weighted by atomic mass is 9.93. The van der Waals surface area contributed by atoms with Crippen molar-refractivity contribution in [2.45, 2.75) is 51.1 Å². The largest absolute Gasteiger partial charge is 0.481 e. The van der Waals surface area contributed by atoms with Crippen LogP contribution in [0.15, 0.2) is 18.2 Å². The molecule has 1 aliphatic heterocycles. The van der Waals surface area contributed by atoms with E-state index in [4.69, 9.17) is 14.6 Å². The summed E-state index contributed by atoms with van der Waals surface area (Å²) in [5.74, 6) is 0.851. The first-order valence-corrected chi connectivity index (χ1v) is 8.07. The number of hydrogen-bond donors (Lipinski definition) is 1. The molecular formula is C17H23NO4. The van der Waals surface area contributed by atoms with E-state index in [0.29, 0.717) is 12.6 Å². The van der Waals surface area contributed by atoms with Gasteiger partial charge in [-0.1, -0.05) is 25.3 Å². The minimum Gasteiger partial charge on any atom is -0.481 e. The lowest BCUT2D eigenvalue weighted by Crippen LogP contribution is -2.37. The molecule has 0 saturated heterocycles. The van der Waals surface area contributed by atoms with Crippen molar-refractivity contribution in [2.75, 3.05) is 13.3 Å². The van der Waals surface area contributed by atoms with Gasteiger partial charge in [0.05, 0.1) is 6.42 Å². The van der Waals surface area contributed by atoms with E-state index in [1.807, 2.05) is 18.2 Å². The van der Waals surface area contributed by atoms with Crippen LogP contribution in [0.4, 0.5) is 0 Å². The highest BCUT2D eigenvalue weighted by atomic mass is 16.7. The van der Waals surface area contributed by atoms with Crippen molar-refractivity contribution >= 4 is 5.97 Å². The van der Waals surface area contributed by atoms with Gasteiger partial charge in [-0.25, -0.2) is 0 Å². The Kier molecular flexibility index (Phi) is 4.83. The Morgan fingerprint density at radius 2 is 1.95 bits per heavy atom. The molecule has 1 saturated carbocycles. The molecule has 0 spiro atoms. The number of ether oxygens (including phenoxy) is 2. The van der Waals surface area contributed by atoms with Crippen LogP contribution in [0.1, 0.15) is 44.1 Å². The second kappa shape index (κ2) is 7.01. The summed E-state index contributed by atoms with van der Waals surface area (Å²) < 4.78 is 10.8. The van der Waals surface area contributed by atoms with E-state index in [9.17, 15) is 4.79 Å². The van der Waals surface area contributed by atoms with Crippen LogP contribution in [-0.4, -0.2) is 35.4 Å². The predicted octanol–water partition coefficient (Wildman–Crippen LogP) is 3.02. The highest BCUT2D eigenvalue weighted by molar-refractivity contribution is 5.66. The summed E-state index contributed by atoms with van der Waals surface area (Å²) in [7, 11) is 0. The fraction of sp³-hybridized carbons (Fsp3) is 0.588. The number of benzene rings is 1. The summed E-state index contributed by atoms with van der Waals surface area (Å²) in [4.78, 5) is 13.3. The third-order valence-electron chi connectivity index (χ3n) is 4.53. The van der Waals surface area contributed by atoms with Crippen molar-refractivity contribution in [3.63, 3.8) is 0 Å². The maximum absolute atomic E-state index is 10.9. The van der Waals surface area contributed by atoms with Gasteiger partial charge in [0.1, 0.15) is 0 Å². The predicted molar refractivity (Wildman–Crippen MR) is 82.1 cm³/mol. The summed E-state index contributed by atoms with van der Waals surface area (Å²) >= 11 is 0. The molecule has 2 aliphatic rings. The maximum atomic E-state index is 10.9. The number of rotatable bonds is 6. The fourth-order valence-electron chi connectivity index (χ4n) is 3.35. The molecule has 22 heavy (non-hydrogen) atoms. The first-order chi connectivity index (χ1) is 10.7. The van der Waals surface area contributed by atoms with Crippen LogP contribution in [0.2, 0.25) is 0 Å². The molecule has 0 bridgehead atoms. The molecular weight excluding hydrogens is 282 g/mol. The average Bonchev–Trinajstić information content (AvgIpc) is 2.99. The molecule has 5 nitrogen and oxygen atoms in total. The van der Waals surface area contributed by atoms with Crippen molar-refractivity contribution in [3.8, 4) is 11.5 Å². The normalized spacial score (nSPS) is 17.9. The topological polar surface area (TPSA) is 59.0 Å². The van der Waals surface area contributed by atoms with Crippen molar-refractivity contribution in [3.05, 3.63) is 23.8 Å². The molecule has 1 aliphatic carbocycles. The number of carbonyl (C=O) groups is 1. The Morgan fingerprint density at radius 1 is 1.18 bits per heavy atom. The van der Waals surface area contributed by atoms with Gasteiger partial charge in [-0.15, -0.1) is 0 Å². The highest BCUT2D eigenvalue weighted by Crippen LogP contribution is 2.33. The van der Waals surface area contributed by atoms with Gasteiger partial charge in [-0.3, -0.25) is 9.69 Å². The molecule has 1 fully saturated rings. The highest BCUT2D eigenvalue weighted by Gasteiger charge is 2.22. The second-order valence-corrected chi connectivity index (χ2v) is 6.09. The molecule has 5 heteroatoms. The number of nitrogens with zero attached hydrogens (tertiary/aromatic N) is 1. The van der Waals surface area contributed by atoms with E-state index < -0.39 is 5.97 Å². The first-order valence-electron chi connectivity index (χ1n) is 8.07. The Bertz CT molecular complexity index is 525. The summed E-state index contributed by atoms with van der Waals surface area (Å²) in [6.07, 6.45) is 6.33. The van der Waals surface area contributed by atoms with Crippen molar-refractivity contribution < 1.29 is 19.4 Å². The van der Waals surface area contributed by atoms with Gasteiger partial charge in [0.2, 0.25) is 6.79 Å². The van der Waals surface area contributed by atoms with Crippen LogP contribution in [0, 0.1) is 0 Å². The van der Waals surface area contributed by atoms with Crippen molar-refractivity contribution in [1.29, 1.82) is 0 Å². The van der Waals surface area contributed by atoms with E-state index in [1.54, 1.807) is 0 Å². The van der Waals surface area contributed by atoms with E-state index in [-0.39, 0.29) is 13.2 Å². The molecule has 1 heterocycles. The molecule has 0 aromatic heterocycles. The Labute approximate surface area is 130 Å². The van der Waals surface area contributed by atoms with Crippen LogP contribution < -0.4 is 9.47 Å². The summed E-state index contributed by atoms with van der Waals surface area (Å²) in [6.45, 7) is 1.66. The van der Waals surface area contributed by atoms with Crippen LogP contribution in [-0.2, 0) is 11.3 Å². The van der Waals surface area contributed by atoms with Gasteiger partial charge in [0.15, 0.2) is 11.5 Å². The number of aliphatic carboxylic acids is 1. The Hall–Kier alpha value is -1.75. The van der Waals surface area contributed by atoms with Gasteiger partial charge in [-0.2, -0.15) is 0 Å². The van der Waals surface area contributed by atoms with Gasteiger partial charge < -0.3 is 14.6 Å². The van der Waals surface area contributed by atoms with Crippen molar-refractivity contribution in [2.24, 2.45) is 0 Å². The molecule has 0 atom stereocenters. The molecule has 1 aromatic rings. The third-order valence-corrected chi connectivity index (χ3v) is 4.53. The molecule has 0 unspecified atom stereocenters. The number of carboxylic acids is 1. The van der Waals surface area contributed by atoms with E-state index in [0.717, 1.165) is 23.6 Å². The van der Waals surface area contributed by atoms with Crippen LogP contribution >= 0.6 is 0 Å². The Balaban J connectivity index is 1.69. The van der Waals surface area contributed by atoms with Crippen LogP contribution in [0.5, 0.6) is 11.5 Å². The number of fused-ring (bicyclic) bond motifs is 1. The minimum atomic E-state index is -0.730. The third kappa shape index (κ3) is 3.71. The molecule has 120 valence electrons. The summed E-state index contributed by atoms with van der Waals surface area (Å²) in [5, 5.41) is 8.99. The Morgan fingerprint density at radius 3 is 2.73 bits per heavy atom. The lowest BCUT2D eigenvalue weighted by molar-refractivity contribution is -0.137. The van der Waals surface area contributed by atoms with E-state index in [1.165, 1.54) is 32.1 Å². The number of carboxylic acid groups (broad SMARTS) is 1. The van der Waals surface area contributed by atoms with Crippen LogP contribution in [0.3, 0.4) is 0 Å². The van der Waals surface area contributed by atoms with E-state index >= 15 is 0 Å². The average molecular weight is 305 g/mol. The zero-order chi connectivity index (χ0) is 15.4.